The Hall–Kier alpha value is -2.72. The zero-order valence-electron chi connectivity index (χ0n) is 18.7. The summed E-state index contributed by atoms with van der Waals surface area (Å²) >= 11 is 1.62. The maximum Gasteiger partial charge on any atom is 0.225 e. The van der Waals surface area contributed by atoms with Crippen molar-refractivity contribution >= 4 is 45.0 Å². The number of carbonyl (C=O) groups excluding carboxylic acids is 1. The highest BCUT2D eigenvalue weighted by molar-refractivity contribution is 7.17. The van der Waals surface area contributed by atoms with Gasteiger partial charge in [-0.1, -0.05) is 0 Å². The van der Waals surface area contributed by atoms with Gasteiger partial charge in [0.1, 0.15) is 0 Å². The van der Waals surface area contributed by atoms with E-state index in [1.807, 2.05) is 38.5 Å². The molecule has 0 saturated carbocycles. The Bertz CT molecular complexity index is 1090. The van der Waals surface area contributed by atoms with Gasteiger partial charge in [-0.25, -0.2) is 4.98 Å². The molecule has 10 heteroatoms. The lowest BCUT2D eigenvalue weighted by Gasteiger charge is -2.44. The van der Waals surface area contributed by atoms with Crippen LogP contribution in [0.4, 0.5) is 17.6 Å². The third-order valence-corrected chi connectivity index (χ3v) is 7.31. The first-order chi connectivity index (χ1) is 15.4. The summed E-state index contributed by atoms with van der Waals surface area (Å²) < 4.78 is 1.02. The maximum absolute atomic E-state index is 12.2. The summed E-state index contributed by atoms with van der Waals surface area (Å²) in [7, 11) is 3.68. The van der Waals surface area contributed by atoms with Gasteiger partial charge in [0.15, 0.2) is 11.6 Å². The molecule has 2 saturated heterocycles. The Kier molecular flexibility index (Phi) is 5.73. The average Bonchev–Trinajstić information content (AvgIpc) is 3.36. The monoisotopic (exact) mass is 454 g/mol. The Morgan fingerprint density at radius 2 is 2.00 bits per heavy atom. The Labute approximate surface area is 191 Å². The van der Waals surface area contributed by atoms with Crippen molar-refractivity contribution in [3.63, 3.8) is 0 Å². The van der Waals surface area contributed by atoms with E-state index < -0.39 is 0 Å². The largest absolute Gasteiger partial charge is 0.351 e. The predicted octanol–water partition coefficient (Wildman–Crippen LogP) is 3.26. The summed E-state index contributed by atoms with van der Waals surface area (Å²) in [4.78, 5) is 23.4. The lowest BCUT2D eigenvalue weighted by atomic mass is 9.77. The Morgan fingerprint density at radius 3 is 2.69 bits per heavy atom. The fraction of sp³-hybridized carbons (Fsp3) is 0.545. The van der Waals surface area contributed by atoms with Crippen LogP contribution in [0.5, 0.6) is 0 Å². The van der Waals surface area contributed by atoms with Crippen LogP contribution in [0.25, 0.3) is 10.2 Å². The first-order valence-electron chi connectivity index (χ1n) is 11.2. The molecule has 1 amide bonds. The zero-order chi connectivity index (χ0) is 22.2. The molecule has 3 aromatic rings. The number of carbonyl (C=O) groups is 1. The number of thiophene rings is 1. The van der Waals surface area contributed by atoms with Gasteiger partial charge in [-0.2, -0.15) is 10.1 Å². The number of aromatic nitrogens is 4. The third-order valence-electron chi connectivity index (χ3n) is 6.40. The molecule has 0 radical (unpaired) electrons. The van der Waals surface area contributed by atoms with E-state index in [4.69, 9.17) is 9.97 Å². The second-order valence-corrected chi connectivity index (χ2v) is 10.2. The zero-order valence-corrected chi connectivity index (χ0v) is 19.5. The number of fused-ring (bicyclic) bond motifs is 3. The van der Waals surface area contributed by atoms with E-state index in [2.05, 4.69) is 26.1 Å². The number of anilines is 3. The molecular weight excluding hydrogens is 424 g/mol. The van der Waals surface area contributed by atoms with Crippen molar-refractivity contribution in [1.29, 1.82) is 0 Å². The number of hydrogen-bond donors (Lipinski definition) is 4. The van der Waals surface area contributed by atoms with Crippen LogP contribution in [0.1, 0.15) is 37.8 Å². The molecule has 2 fully saturated rings. The summed E-state index contributed by atoms with van der Waals surface area (Å²) in [6.45, 7) is 1.97. The summed E-state index contributed by atoms with van der Waals surface area (Å²) in [5.74, 6) is 2.87. The molecular formula is C22H30N8OS. The van der Waals surface area contributed by atoms with Gasteiger partial charge < -0.3 is 20.9 Å². The number of hydrogen-bond acceptors (Lipinski definition) is 8. The van der Waals surface area contributed by atoms with Gasteiger partial charge in [0, 0.05) is 50.4 Å². The van der Waals surface area contributed by atoms with Gasteiger partial charge in [0.25, 0.3) is 0 Å². The molecule has 1 unspecified atom stereocenters. The van der Waals surface area contributed by atoms with Crippen LogP contribution in [0.15, 0.2) is 17.5 Å². The van der Waals surface area contributed by atoms with E-state index >= 15 is 0 Å². The lowest BCUT2D eigenvalue weighted by molar-refractivity contribution is -0.130. The van der Waals surface area contributed by atoms with Crippen LogP contribution in [-0.4, -0.2) is 63.2 Å². The van der Waals surface area contributed by atoms with Crippen LogP contribution < -0.4 is 16.0 Å². The molecule has 4 N–H and O–H groups in total. The van der Waals surface area contributed by atoms with Crippen LogP contribution >= 0.6 is 11.3 Å². The van der Waals surface area contributed by atoms with Gasteiger partial charge >= 0.3 is 0 Å². The molecule has 3 aromatic heterocycles. The Balaban J connectivity index is 1.28. The molecule has 170 valence electrons. The molecule has 32 heavy (non-hydrogen) atoms. The average molecular weight is 455 g/mol. The number of aromatic amines is 1. The Morgan fingerprint density at radius 1 is 1.22 bits per heavy atom. The van der Waals surface area contributed by atoms with Crippen molar-refractivity contribution in [3.8, 4) is 0 Å². The first kappa shape index (κ1) is 21.1. The van der Waals surface area contributed by atoms with Gasteiger partial charge in [-0.05, 0) is 50.0 Å². The topological polar surface area (TPSA) is 111 Å². The van der Waals surface area contributed by atoms with Gasteiger partial charge in [0.2, 0.25) is 11.9 Å². The van der Waals surface area contributed by atoms with Gasteiger partial charge in [-0.15, -0.1) is 11.3 Å². The van der Waals surface area contributed by atoms with Crippen molar-refractivity contribution in [1.82, 2.24) is 30.4 Å². The van der Waals surface area contributed by atoms with E-state index in [0.717, 1.165) is 53.2 Å². The second-order valence-electron chi connectivity index (χ2n) is 9.29. The predicted molar refractivity (Wildman–Crippen MR) is 127 cm³/mol. The molecule has 5 heterocycles. The van der Waals surface area contributed by atoms with E-state index in [0.29, 0.717) is 36.4 Å². The number of aryl methyl sites for hydroxylation is 1. The molecule has 0 spiro atoms. The minimum absolute atomic E-state index is 0.231. The number of piperidine rings is 2. The van der Waals surface area contributed by atoms with Crippen LogP contribution in [0.3, 0.4) is 0 Å². The van der Waals surface area contributed by atoms with Crippen molar-refractivity contribution in [2.75, 3.05) is 24.7 Å². The number of nitrogens with one attached hydrogen (secondary N) is 4. The molecule has 2 aliphatic rings. The number of H-pyrrole nitrogens is 1. The van der Waals surface area contributed by atoms with Crippen molar-refractivity contribution in [3.05, 3.63) is 23.2 Å². The van der Waals surface area contributed by atoms with Crippen molar-refractivity contribution in [2.24, 2.45) is 5.92 Å². The van der Waals surface area contributed by atoms with E-state index in [9.17, 15) is 4.79 Å². The van der Waals surface area contributed by atoms with Crippen molar-refractivity contribution < 1.29 is 4.79 Å². The molecule has 0 aliphatic carbocycles. The minimum Gasteiger partial charge on any atom is -0.351 e. The van der Waals surface area contributed by atoms with Crippen LogP contribution in [0.2, 0.25) is 0 Å². The van der Waals surface area contributed by atoms with E-state index in [1.54, 1.807) is 16.2 Å². The highest BCUT2D eigenvalue weighted by atomic mass is 32.1. The van der Waals surface area contributed by atoms with Crippen molar-refractivity contribution in [2.45, 2.75) is 57.2 Å². The summed E-state index contributed by atoms with van der Waals surface area (Å²) in [5.41, 5.74) is 1.92. The van der Waals surface area contributed by atoms with E-state index in [-0.39, 0.29) is 5.91 Å². The molecule has 4 atom stereocenters. The molecule has 9 nitrogen and oxygen atoms in total. The molecule has 5 rings (SSSR count). The molecule has 2 bridgehead atoms. The quantitative estimate of drug-likeness (QED) is 0.452. The molecule has 2 aliphatic heterocycles. The normalized spacial score (nSPS) is 25.0. The molecule has 0 aromatic carbocycles. The highest BCUT2D eigenvalue weighted by Crippen LogP contribution is 2.34. The third kappa shape index (κ3) is 4.56. The van der Waals surface area contributed by atoms with Crippen LogP contribution in [-0.2, 0) is 4.79 Å². The smallest absolute Gasteiger partial charge is 0.225 e. The summed E-state index contributed by atoms with van der Waals surface area (Å²) in [6, 6.07) is 5.15. The lowest BCUT2D eigenvalue weighted by Crippen LogP contribution is -2.54. The number of nitrogens with zero attached hydrogens (tertiary/aromatic N) is 4. The standard InChI is InChI=1S/C22H30N8OS/c1-12-6-18(29-28-12)26-21-20-17(4-5-32-20)25-22(27-21)24-16-10-14-7-13(8-15(11-16)23-14)9-19(31)30(2)3/h4-6,13-16,23H,7-11H2,1-3H3,(H3,24,25,26,27,28,29)/t13?,14-,15+,16-. The minimum atomic E-state index is 0.231. The maximum atomic E-state index is 12.2. The van der Waals surface area contributed by atoms with Gasteiger partial charge in [0.05, 0.1) is 10.2 Å². The van der Waals surface area contributed by atoms with Gasteiger partial charge in [-0.3, -0.25) is 9.89 Å². The van der Waals surface area contributed by atoms with E-state index in [1.165, 1.54) is 0 Å². The second kappa shape index (κ2) is 8.67. The number of amides is 1. The summed E-state index contributed by atoms with van der Waals surface area (Å²) in [5, 5.41) is 19.9. The van der Waals surface area contributed by atoms with Crippen LogP contribution in [0, 0.1) is 12.8 Å². The fourth-order valence-electron chi connectivity index (χ4n) is 4.99. The first-order valence-corrected chi connectivity index (χ1v) is 12.1. The fourth-order valence-corrected chi connectivity index (χ4v) is 5.77. The highest BCUT2D eigenvalue weighted by Gasteiger charge is 2.36. The summed E-state index contributed by atoms with van der Waals surface area (Å²) in [6.07, 6.45) is 4.76. The number of rotatable bonds is 6. The SMILES string of the molecule is Cc1cc(Nc2nc(N[C@@H]3C[C@H]4CC(CC(=O)N(C)C)C[C@@H](C3)N4)nc3ccsc23)n[nH]1.